The molecule has 0 bridgehead atoms. The summed E-state index contributed by atoms with van der Waals surface area (Å²) in [5.41, 5.74) is 1.43. The van der Waals surface area contributed by atoms with Gasteiger partial charge in [0.25, 0.3) is 0 Å². The number of hydrogen-bond acceptors (Lipinski definition) is 5. The Bertz CT molecular complexity index is 710. The summed E-state index contributed by atoms with van der Waals surface area (Å²) in [6.07, 6.45) is 0. The monoisotopic (exact) mass is 269 g/mol. The minimum absolute atomic E-state index is 0.432. The minimum Gasteiger partial charge on any atom is -0.230 e. The molecule has 0 aliphatic rings. The quantitative estimate of drug-likeness (QED) is 0.711. The van der Waals surface area contributed by atoms with Crippen LogP contribution in [0, 0.1) is 11.3 Å². The van der Waals surface area contributed by atoms with E-state index in [1.165, 1.54) is 11.8 Å². The van der Waals surface area contributed by atoms with Crippen molar-refractivity contribution in [3.63, 3.8) is 0 Å². The highest BCUT2D eigenvalue weighted by Gasteiger charge is 2.06. The molecule has 0 saturated carbocycles. The molecule has 3 rings (SSSR count). The average Bonchev–Trinajstić information content (AvgIpc) is 2.81. The molecule has 0 saturated heterocycles. The molecular formula is C13H7N3S2. The first-order valence-corrected chi connectivity index (χ1v) is 6.89. The highest BCUT2D eigenvalue weighted by Crippen LogP contribution is 2.33. The van der Waals surface area contributed by atoms with Crippen molar-refractivity contribution in [3.05, 3.63) is 48.2 Å². The molecule has 0 atom stereocenters. The van der Waals surface area contributed by atoms with Gasteiger partial charge in [0.1, 0.15) is 16.8 Å². The minimum atomic E-state index is 0.432. The summed E-state index contributed by atoms with van der Waals surface area (Å²) in [4.78, 5) is 8.75. The van der Waals surface area contributed by atoms with Crippen LogP contribution in [0.1, 0.15) is 5.69 Å². The van der Waals surface area contributed by atoms with Gasteiger partial charge in [0, 0.05) is 0 Å². The number of nitriles is 1. The van der Waals surface area contributed by atoms with E-state index in [4.69, 9.17) is 5.26 Å². The number of benzene rings is 1. The molecule has 0 unspecified atom stereocenters. The molecule has 0 spiro atoms. The third-order valence-electron chi connectivity index (χ3n) is 2.30. The van der Waals surface area contributed by atoms with Crippen molar-refractivity contribution in [2.75, 3.05) is 0 Å². The molecule has 0 N–H and O–H groups in total. The summed E-state index contributed by atoms with van der Waals surface area (Å²) in [5, 5.41) is 9.61. The number of rotatable bonds is 2. The summed E-state index contributed by atoms with van der Waals surface area (Å²) in [6.45, 7) is 0. The van der Waals surface area contributed by atoms with Crippen LogP contribution in [0.15, 0.2) is 51.8 Å². The second-order valence-electron chi connectivity index (χ2n) is 3.52. The zero-order chi connectivity index (χ0) is 12.4. The lowest BCUT2D eigenvalue weighted by Gasteiger charge is -1.95. The normalized spacial score (nSPS) is 10.4. The van der Waals surface area contributed by atoms with E-state index < -0.39 is 0 Å². The molecule has 0 aliphatic carbocycles. The fourth-order valence-corrected chi connectivity index (χ4v) is 3.52. The van der Waals surface area contributed by atoms with Crippen LogP contribution in [0.4, 0.5) is 0 Å². The maximum absolute atomic E-state index is 8.81. The zero-order valence-electron chi connectivity index (χ0n) is 9.20. The third-order valence-corrected chi connectivity index (χ3v) is 4.34. The average molecular weight is 269 g/mol. The maximum Gasteiger partial charge on any atom is 0.157 e. The van der Waals surface area contributed by atoms with E-state index in [0.717, 1.165) is 19.6 Å². The highest BCUT2D eigenvalue weighted by atomic mass is 32.2. The van der Waals surface area contributed by atoms with Crippen LogP contribution >= 0.6 is 23.1 Å². The van der Waals surface area contributed by atoms with Crippen LogP contribution in [-0.2, 0) is 0 Å². The third kappa shape index (κ3) is 2.21. The van der Waals surface area contributed by atoms with Gasteiger partial charge < -0.3 is 0 Å². The Hall–Kier alpha value is -1.90. The van der Waals surface area contributed by atoms with Gasteiger partial charge in [0.2, 0.25) is 0 Å². The summed E-state index contributed by atoms with van der Waals surface area (Å²) < 4.78 is 2.11. The van der Waals surface area contributed by atoms with E-state index >= 15 is 0 Å². The molecule has 86 valence electrons. The lowest BCUT2D eigenvalue weighted by Crippen LogP contribution is -1.83. The number of aromatic nitrogens is 2. The Balaban J connectivity index is 1.94. The van der Waals surface area contributed by atoms with Gasteiger partial charge >= 0.3 is 0 Å². The highest BCUT2D eigenvalue weighted by molar-refractivity contribution is 8.01. The molecule has 0 aliphatic heterocycles. The molecule has 0 fully saturated rings. The molecule has 3 nitrogen and oxygen atoms in total. The summed E-state index contributed by atoms with van der Waals surface area (Å²) in [7, 11) is 0. The van der Waals surface area contributed by atoms with E-state index in [2.05, 4.69) is 16.0 Å². The van der Waals surface area contributed by atoms with Gasteiger partial charge in [-0.3, -0.25) is 0 Å². The largest absolute Gasteiger partial charge is 0.230 e. The number of hydrogen-bond donors (Lipinski definition) is 0. The van der Waals surface area contributed by atoms with Gasteiger partial charge in [-0.25, -0.2) is 9.97 Å². The molecule has 0 radical (unpaired) electrons. The van der Waals surface area contributed by atoms with Crippen molar-refractivity contribution in [2.24, 2.45) is 0 Å². The topological polar surface area (TPSA) is 49.6 Å². The van der Waals surface area contributed by atoms with Gasteiger partial charge in [-0.2, -0.15) is 5.26 Å². The number of pyridine rings is 1. The SMILES string of the molecule is N#Cc1cccc(Sc2nc3ccccc3s2)n1. The van der Waals surface area contributed by atoms with Crippen LogP contribution in [0.3, 0.4) is 0 Å². The second-order valence-corrected chi connectivity index (χ2v) is 5.82. The van der Waals surface area contributed by atoms with E-state index in [1.54, 1.807) is 17.4 Å². The Labute approximate surface area is 112 Å². The van der Waals surface area contributed by atoms with Crippen molar-refractivity contribution in [1.82, 2.24) is 9.97 Å². The summed E-state index contributed by atoms with van der Waals surface area (Å²) in [6, 6.07) is 15.5. The molecule has 2 aromatic heterocycles. The fraction of sp³-hybridized carbons (Fsp3) is 0. The van der Waals surface area contributed by atoms with E-state index in [0.29, 0.717) is 5.69 Å². The summed E-state index contributed by atoms with van der Waals surface area (Å²) in [5.74, 6) is 0. The fourth-order valence-electron chi connectivity index (χ4n) is 1.52. The van der Waals surface area contributed by atoms with E-state index in [1.807, 2.05) is 36.4 Å². The molecule has 3 aromatic rings. The van der Waals surface area contributed by atoms with Gasteiger partial charge in [-0.15, -0.1) is 11.3 Å². The standard InChI is InChI=1S/C13H7N3S2/c14-8-9-4-3-7-12(15-9)18-13-16-10-5-1-2-6-11(10)17-13/h1-7H. The Morgan fingerprint density at radius 1 is 1.06 bits per heavy atom. The maximum atomic E-state index is 8.81. The van der Waals surface area contributed by atoms with Crippen LogP contribution in [0.2, 0.25) is 0 Å². The van der Waals surface area contributed by atoms with Gasteiger partial charge in [-0.1, -0.05) is 18.2 Å². The molecule has 2 heterocycles. The molecular weight excluding hydrogens is 262 g/mol. The Morgan fingerprint density at radius 2 is 1.94 bits per heavy atom. The molecule has 18 heavy (non-hydrogen) atoms. The van der Waals surface area contributed by atoms with Crippen LogP contribution in [0.5, 0.6) is 0 Å². The first kappa shape index (κ1) is 11.2. The number of nitrogens with zero attached hydrogens (tertiary/aromatic N) is 3. The molecule has 5 heteroatoms. The number of fused-ring (bicyclic) bond motifs is 1. The molecule has 1 aromatic carbocycles. The van der Waals surface area contributed by atoms with Crippen molar-refractivity contribution in [1.29, 1.82) is 5.26 Å². The first-order valence-electron chi connectivity index (χ1n) is 5.26. The lowest BCUT2D eigenvalue weighted by molar-refractivity contribution is 1.10. The lowest BCUT2D eigenvalue weighted by atomic mass is 10.3. The second kappa shape index (κ2) is 4.77. The summed E-state index contributed by atoms with van der Waals surface area (Å²) >= 11 is 3.12. The van der Waals surface area contributed by atoms with Gasteiger partial charge in [-0.05, 0) is 36.0 Å². The first-order chi connectivity index (χ1) is 8.85. The van der Waals surface area contributed by atoms with Crippen molar-refractivity contribution in [2.45, 2.75) is 9.37 Å². The predicted molar refractivity (Wildman–Crippen MR) is 72.7 cm³/mol. The van der Waals surface area contributed by atoms with E-state index in [-0.39, 0.29) is 0 Å². The van der Waals surface area contributed by atoms with Gasteiger partial charge in [0.15, 0.2) is 4.34 Å². The number of thiazole rings is 1. The molecule has 0 amide bonds. The number of para-hydroxylation sites is 1. The zero-order valence-corrected chi connectivity index (χ0v) is 10.8. The van der Waals surface area contributed by atoms with Gasteiger partial charge in [0.05, 0.1) is 10.2 Å². The van der Waals surface area contributed by atoms with Crippen LogP contribution < -0.4 is 0 Å². The Kier molecular flexibility index (Phi) is 2.97. The Morgan fingerprint density at radius 3 is 2.78 bits per heavy atom. The smallest absolute Gasteiger partial charge is 0.157 e. The van der Waals surface area contributed by atoms with Crippen molar-refractivity contribution < 1.29 is 0 Å². The van der Waals surface area contributed by atoms with Crippen molar-refractivity contribution in [3.8, 4) is 6.07 Å². The van der Waals surface area contributed by atoms with Crippen LogP contribution in [0.25, 0.3) is 10.2 Å². The van der Waals surface area contributed by atoms with E-state index in [9.17, 15) is 0 Å². The predicted octanol–water partition coefficient (Wildman–Crippen LogP) is 3.71. The van der Waals surface area contributed by atoms with Crippen molar-refractivity contribution >= 4 is 33.3 Å². The van der Waals surface area contributed by atoms with Crippen LogP contribution in [-0.4, -0.2) is 9.97 Å².